The van der Waals surface area contributed by atoms with Crippen LogP contribution in [-0.4, -0.2) is 43.7 Å². The number of hydrogen-bond acceptors (Lipinski definition) is 4. The van der Waals surface area contributed by atoms with E-state index in [0.29, 0.717) is 18.4 Å². The van der Waals surface area contributed by atoms with Crippen molar-refractivity contribution >= 4 is 6.09 Å². The molecule has 1 amide bonds. The maximum Gasteiger partial charge on any atom is 0.408 e. The molecule has 5 nitrogen and oxygen atoms in total. The first-order valence-corrected chi connectivity index (χ1v) is 11.5. The molecule has 0 aliphatic heterocycles. The molecule has 0 saturated heterocycles. The van der Waals surface area contributed by atoms with E-state index in [9.17, 15) is 4.79 Å². The minimum Gasteiger partial charge on any atom is -0.444 e. The van der Waals surface area contributed by atoms with Crippen LogP contribution in [0.2, 0.25) is 0 Å². The van der Waals surface area contributed by atoms with Crippen LogP contribution in [0.5, 0.6) is 0 Å². The van der Waals surface area contributed by atoms with Crippen LogP contribution in [0.4, 0.5) is 4.79 Å². The monoisotopic (exact) mass is 397 g/mol. The Bertz CT molecular complexity index is 436. The lowest BCUT2D eigenvalue weighted by atomic mass is 9.90. The first-order valence-electron chi connectivity index (χ1n) is 11.5. The van der Waals surface area contributed by atoms with Gasteiger partial charge in [-0.05, 0) is 65.2 Å². The van der Waals surface area contributed by atoms with Gasteiger partial charge in [0.1, 0.15) is 5.60 Å². The van der Waals surface area contributed by atoms with Gasteiger partial charge in [0, 0.05) is 13.2 Å². The van der Waals surface area contributed by atoms with E-state index < -0.39 is 11.7 Å². The molecule has 2 saturated carbocycles. The van der Waals surface area contributed by atoms with Crippen molar-refractivity contribution in [3.63, 3.8) is 0 Å². The van der Waals surface area contributed by atoms with Crippen LogP contribution in [0.3, 0.4) is 0 Å². The largest absolute Gasteiger partial charge is 0.444 e. The maximum absolute atomic E-state index is 12.3. The molecule has 0 aromatic carbocycles. The summed E-state index contributed by atoms with van der Waals surface area (Å²) >= 11 is 0. The number of carbonyl (C=O) groups excluding carboxylic acids is 1. The third kappa shape index (κ3) is 9.60. The van der Waals surface area contributed by atoms with Gasteiger partial charge < -0.3 is 19.5 Å². The van der Waals surface area contributed by atoms with Gasteiger partial charge in [-0.3, -0.25) is 0 Å². The SMILES string of the molecule is C[C@@H](OCC1CCCCC1)[C@@H](COCC1CCCCC1)NC(=O)OC(C)(C)C. The van der Waals surface area contributed by atoms with Crippen LogP contribution < -0.4 is 5.32 Å². The highest BCUT2D eigenvalue weighted by molar-refractivity contribution is 5.68. The van der Waals surface area contributed by atoms with Crippen molar-refractivity contribution in [1.29, 1.82) is 0 Å². The number of alkyl carbamates (subject to hydrolysis) is 1. The van der Waals surface area contributed by atoms with E-state index in [2.05, 4.69) is 5.32 Å². The first kappa shape index (κ1) is 23.5. The predicted molar refractivity (Wildman–Crippen MR) is 113 cm³/mol. The van der Waals surface area contributed by atoms with Crippen LogP contribution >= 0.6 is 0 Å². The molecule has 2 rings (SSSR count). The lowest BCUT2D eigenvalue weighted by Gasteiger charge is -2.30. The highest BCUT2D eigenvalue weighted by Gasteiger charge is 2.26. The van der Waals surface area contributed by atoms with Gasteiger partial charge in [-0.15, -0.1) is 0 Å². The molecule has 2 atom stereocenters. The average Bonchev–Trinajstić information content (AvgIpc) is 2.65. The molecule has 5 heteroatoms. The molecule has 0 aromatic rings. The lowest BCUT2D eigenvalue weighted by Crippen LogP contribution is -2.48. The van der Waals surface area contributed by atoms with E-state index in [1.165, 1.54) is 64.2 Å². The second-order valence-corrected chi connectivity index (χ2v) is 9.84. The Balaban J connectivity index is 1.81. The number of carbonyl (C=O) groups is 1. The summed E-state index contributed by atoms with van der Waals surface area (Å²) in [5, 5.41) is 2.99. The second-order valence-electron chi connectivity index (χ2n) is 9.84. The number of nitrogens with one attached hydrogen (secondary N) is 1. The van der Waals surface area contributed by atoms with E-state index in [1.807, 2.05) is 27.7 Å². The Labute approximate surface area is 172 Å². The van der Waals surface area contributed by atoms with Crippen molar-refractivity contribution in [2.75, 3.05) is 19.8 Å². The molecule has 2 aliphatic carbocycles. The molecule has 28 heavy (non-hydrogen) atoms. The van der Waals surface area contributed by atoms with Crippen molar-refractivity contribution in [3.05, 3.63) is 0 Å². The molecule has 0 bridgehead atoms. The summed E-state index contributed by atoms with van der Waals surface area (Å²) in [5.74, 6) is 1.32. The van der Waals surface area contributed by atoms with Crippen LogP contribution in [0, 0.1) is 11.8 Å². The average molecular weight is 398 g/mol. The molecular formula is C23H43NO4. The minimum absolute atomic E-state index is 0.0965. The molecule has 0 unspecified atom stereocenters. The quantitative estimate of drug-likeness (QED) is 0.561. The summed E-state index contributed by atoms with van der Waals surface area (Å²) in [6.07, 6.45) is 12.5. The fraction of sp³-hybridized carbons (Fsp3) is 0.957. The van der Waals surface area contributed by atoms with Crippen molar-refractivity contribution < 1.29 is 19.0 Å². The fourth-order valence-corrected chi connectivity index (χ4v) is 4.23. The highest BCUT2D eigenvalue weighted by atomic mass is 16.6. The van der Waals surface area contributed by atoms with Crippen LogP contribution in [-0.2, 0) is 14.2 Å². The normalized spacial score (nSPS) is 21.9. The second kappa shape index (κ2) is 12.0. The highest BCUT2D eigenvalue weighted by Crippen LogP contribution is 2.25. The Morgan fingerprint density at radius 2 is 1.46 bits per heavy atom. The van der Waals surface area contributed by atoms with Gasteiger partial charge in [0.05, 0.1) is 18.8 Å². The van der Waals surface area contributed by atoms with Gasteiger partial charge in [0.25, 0.3) is 0 Å². The van der Waals surface area contributed by atoms with Gasteiger partial charge in [-0.25, -0.2) is 4.79 Å². The number of hydrogen-bond donors (Lipinski definition) is 1. The molecular weight excluding hydrogens is 354 g/mol. The van der Waals surface area contributed by atoms with Gasteiger partial charge >= 0.3 is 6.09 Å². The zero-order chi connectivity index (χ0) is 20.4. The summed E-state index contributed by atoms with van der Waals surface area (Å²) < 4.78 is 17.6. The Morgan fingerprint density at radius 3 is 2.00 bits per heavy atom. The summed E-state index contributed by atoms with van der Waals surface area (Å²) in [5.41, 5.74) is -0.510. The number of ether oxygens (including phenoxy) is 3. The summed E-state index contributed by atoms with van der Waals surface area (Å²) in [7, 11) is 0. The molecule has 0 heterocycles. The molecule has 0 radical (unpaired) electrons. The molecule has 0 aromatic heterocycles. The Hall–Kier alpha value is -0.810. The molecule has 164 valence electrons. The molecule has 0 spiro atoms. The molecule has 2 fully saturated rings. The van der Waals surface area contributed by atoms with Crippen molar-refractivity contribution in [2.45, 2.75) is 110 Å². The Kier molecular flexibility index (Phi) is 10.1. The van der Waals surface area contributed by atoms with Crippen molar-refractivity contribution in [3.8, 4) is 0 Å². The van der Waals surface area contributed by atoms with Crippen LogP contribution in [0.25, 0.3) is 0 Å². The summed E-state index contributed by atoms with van der Waals surface area (Å²) in [6.45, 7) is 9.70. The fourth-order valence-electron chi connectivity index (χ4n) is 4.23. The van der Waals surface area contributed by atoms with Crippen molar-refractivity contribution in [2.24, 2.45) is 11.8 Å². The van der Waals surface area contributed by atoms with Crippen LogP contribution in [0.1, 0.15) is 91.9 Å². The van der Waals surface area contributed by atoms with Gasteiger partial charge in [0.2, 0.25) is 0 Å². The lowest BCUT2D eigenvalue weighted by molar-refractivity contribution is -0.0242. The topological polar surface area (TPSA) is 56.8 Å². The number of rotatable bonds is 9. The van der Waals surface area contributed by atoms with E-state index in [4.69, 9.17) is 14.2 Å². The standard InChI is InChI=1S/C23H43NO4/c1-18(27-16-20-13-9-6-10-14-20)21(24-22(25)28-23(2,3)4)17-26-15-19-11-7-5-8-12-19/h18-21H,5-17H2,1-4H3,(H,24,25)/t18-,21-/m1/s1. The third-order valence-electron chi connectivity index (χ3n) is 5.96. The number of amides is 1. The zero-order valence-electron chi connectivity index (χ0n) is 18.6. The first-order chi connectivity index (χ1) is 13.3. The molecule has 1 N–H and O–H groups in total. The van der Waals surface area contributed by atoms with Crippen molar-refractivity contribution in [1.82, 2.24) is 5.32 Å². The predicted octanol–water partition coefficient (Wildman–Crippen LogP) is 5.46. The maximum atomic E-state index is 12.3. The summed E-state index contributed by atoms with van der Waals surface area (Å²) in [6, 6.07) is -0.193. The van der Waals surface area contributed by atoms with E-state index in [0.717, 1.165) is 13.2 Å². The zero-order valence-corrected chi connectivity index (χ0v) is 18.6. The smallest absolute Gasteiger partial charge is 0.408 e. The Morgan fingerprint density at radius 1 is 0.929 bits per heavy atom. The van der Waals surface area contributed by atoms with Gasteiger partial charge in [0.15, 0.2) is 0 Å². The van der Waals surface area contributed by atoms with E-state index in [-0.39, 0.29) is 12.1 Å². The summed E-state index contributed by atoms with van der Waals surface area (Å²) in [4.78, 5) is 12.3. The van der Waals surface area contributed by atoms with Gasteiger partial charge in [-0.2, -0.15) is 0 Å². The van der Waals surface area contributed by atoms with Crippen LogP contribution in [0.15, 0.2) is 0 Å². The van der Waals surface area contributed by atoms with E-state index >= 15 is 0 Å². The minimum atomic E-state index is -0.510. The third-order valence-corrected chi connectivity index (χ3v) is 5.96. The molecule has 2 aliphatic rings. The van der Waals surface area contributed by atoms with E-state index in [1.54, 1.807) is 0 Å². The van der Waals surface area contributed by atoms with Gasteiger partial charge in [-0.1, -0.05) is 38.5 Å².